The second kappa shape index (κ2) is 11.1. The summed E-state index contributed by atoms with van der Waals surface area (Å²) in [5.41, 5.74) is 2.19. The summed E-state index contributed by atoms with van der Waals surface area (Å²) in [7, 11) is 0. The van der Waals surface area contributed by atoms with E-state index in [4.69, 9.17) is 14.2 Å². The van der Waals surface area contributed by atoms with Gasteiger partial charge in [-0.05, 0) is 64.9 Å². The van der Waals surface area contributed by atoms with Crippen molar-refractivity contribution in [1.29, 1.82) is 0 Å². The predicted molar refractivity (Wildman–Crippen MR) is 140 cm³/mol. The lowest BCUT2D eigenvalue weighted by Gasteiger charge is -2.15. The minimum absolute atomic E-state index is 0.0190. The molecule has 3 aromatic rings. The van der Waals surface area contributed by atoms with Gasteiger partial charge in [0.1, 0.15) is 0 Å². The summed E-state index contributed by atoms with van der Waals surface area (Å²) < 4.78 is 17.9. The number of rotatable bonds is 9. The molecular weight excluding hydrogens is 563 g/mol. The number of esters is 1. The molecule has 1 heterocycles. The number of carbonyl (C=O) groups is 1. The average molecular weight is 584 g/mol. The largest absolute Gasteiger partial charge is 0.490 e. The van der Waals surface area contributed by atoms with Gasteiger partial charge in [-0.3, -0.25) is 10.1 Å². The standard InChI is InChI=1S/C26H21IN2O6/c1-2-33-23-15-18(13-21(27)24(23)34-12-11-17-7-4-3-5-8-17)14-22-26(30)35-25(28-22)19-9-6-10-20(16-19)29(31)32/h3-10,13-16H,2,11-12H2,1H3/b22-14-. The maximum atomic E-state index is 12.4. The van der Waals surface area contributed by atoms with Gasteiger partial charge in [-0.1, -0.05) is 36.4 Å². The molecule has 3 aromatic carbocycles. The number of aliphatic imine (C=N–C) groups is 1. The van der Waals surface area contributed by atoms with Crippen molar-refractivity contribution in [2.24, 2.45) is 4.99 Å². The molecule has 9 heteroatoms. The monoisotopic (exact) mass is 584 g/mol. The van der Waals surface area contributed by atoms with Crippen LogP contribution in [0.2, 0.25) is 0 Å². The van der Waals surface area contributed by atoms with E-state index in [0.717, 1.165) is 9.99 Å². The molecule has 0 bridgehead atoms. The number of nitro benzene ring substituents is 1. The summed E-state index contributed by atoms with van der Waals surface area (Å²) in [6.07, 6.45) is 2.35. The number of hydrogen-bond acceptors (Lipinski definition) is 7. The minimum Gasteiger partial charge on any atom is -0.490 e. The Balaban J connectivity index is 1.57. The van der Waals surface area contributed by atoms with E-state index < -0.39 is 10.9 Å². The average Bonchev–Trinajstić information content (AvgIpc) is 3.21. The highest BCUT2D eigenvalue weighted by Gasteiger charge is 2.25. The lowest BCUT2D eigenvalue weighted by Crippen LogP contribution is -2.06. The summed E-state index contributed by atoms with van der Waals surface area (Å²) in [6, 6.07) is 19.5. The predicted octanol–water partition coefficient (Wildman–Crippen LogP) is 5.56. The fourth-order valence-electron chi connectivity index (χ4n) is 3.43. The van der Waals surface area contributed by atoms with Crippen LogP contribution in [0, 0.1) is 13.7 Å². The van der Waals surface area contributed by atoms with Crippen LogP contribution >= 0.6 is 22.6 Å². The Kier molecular flexibility index (Phi) is 7.76. The quantitative estimate of drug-likeness (QED) is 0.107. The van der Waals surface area contributed by atoms with Crippen LogP contribution in [0.1, 0.15) is 23.6 Å². The van der Waals surface area contributed by atoms with E-state index in [-0.39, 0.29) is 17.3 Å². The van der Waals surface area contributed by atoms with Crippen molar-refractivity contribution in [2.45, 2.75) is 13.3 Å². The van der Waals surface area contributed by atoms with Gasteiger partial charge in [0.15, 0.2) is 17.2 Å². The van der Waals surface area contributed by atoms with E-state index in [1.807, 2.05) is 31.2 Å². The zero-order valence-electron chi connectivity index (χ0n) is 18.8. The molecule has 0 radical (unpaired) electrons. The third-order valence-corrected chi connectivity index (χ3v) is 5.84. The zero-order chi connectivity index (χ0) is 24.8. The molecule has 1 aliphatic rings. The SMILES string of the molecule is CCOc1cc(/C=C2\N=C(c3cccc([N+](=O)[O-])c3)OC2=O)cc(I)c1OCCc1ccccc1. The third kappa shape index (κ3) is 6.04. The summed E-state index contributed by atoms with van der Waals surface area (Å²) in [5.74, 6) is 0.585. The van der Waals surface area contributed by atoms with E-state index in [1.165, 1.54) is 23.8 Å². The molecule has 0 aromatic heterocycles. The van der Waals surface area contributed by atoms with Gasteiger partial charge in [0.25, 0.3) is 5.69 Å². The van der Waals surface area contributed by atoms with Crippen LogP contribution in [0.25, 0.3) is 6.08 Å². The van der Waals surface area contributed by atoms with Crippen molar-refractivity contribution in [3.8, 4) is 11.5 Å². The Morgan fingerprint density at radius 2 is 1.89 bits per heavy atom. The third-order valence-electron chi connectivity index (χ3n) is 5.04. The number of benzene rings is 3. The Morgan fingerprint density at radius 1 is 1.09 bits per heavy atom. The molecule has 0 atom stereocenters. The normalized spacial score (nSPS) is 13.9. The minimum atomic E-state index is -0.636. The smallest absolute Gasteiger partial charge is 0.363 e. The highest BCUT2D eigenvalue weighted by molar-refractivity contribution is 14.1. The van der Waals surface area contributed by atoms with Gasteiger partial charge in [0.2, 0.25) is 5.90 Å². The molecule has 0 unspecified atom stereocenters. The Hall–Kier alpha value is -3.73. The first-order valence-corrected chi connectivity index (χ1v) is 11.9. The molecule has 0 saturated carbocycles. The van der Waals surface area contributed by atoms with Crippen molar-refractivity contribution >= 4 is 46.2 Å². The maximum Gasteiger partial charge on any atom is 0.363 e. The van der Waals surface area contributed by atoms with Crippen molar-refractivity contribution in [3.05, 3.63) is 103 Å². The molecule has 0 amide bonds. The second-order valence-corrected chi connectivity index (χ2v) is 8.65. The van der Waals surface area contributed by atoms with Gasteiger partial charge in [-0.15, -0.1) is 0 Å². The summed E-state index contributed by atoms with van der Waals surface area (Å²) >= 11 is 2.17. The Morgan fingerprint density at radius 3 is 2.63 bits per heavy atom. The van der Waals surface area contributed by atoms with Gasteiger partial charge in [0, 0.05) is 24.1 Å². The van der Waals surface area contributed by atoms with Gasteiger partial charge in [-0.25, -0.2) is 9.79 Å². The maximum absolute atomic E-state index is 12.4. The lowest BCUT2D eigenvalue weighted by atomic mass is 10.1. The molecular formula is C26H21IN2O6. The van der Waals surface area contributed by atoms with E-state index in [2.05, 4.69) is 39.7 Å². The highest BCUT2D eigenvalue weighted by Crippen LogP contribution is 2.35. The fraction of sp³-hybridized carbons (Fsp3) is 0.154. The molecule has 0 fully saturated rings. The van der Waals surface area contributed by atoms with Crippen LogP contribution in [0.15, 0.2) is 77.4 Å². The molecule has 178 valence electrons. The topological polar surface area (TPSA) is 100 Å². The van der Waals surface area contributed by atoms with E-state index in [0.29, 0.717) is 35.8 Å². The van der Waals surface area contributed by atoms with Gasteiger partial charge in [0.05, 0.1) is 21.7 Å². The molecule has 8 nitrogen and oxygen atoms in total. The molecule has 0 aliphatic carbocycles. The first kappa shape index (κ1) is 24.4. The molecule has 0 N–H and O–H groups in total. The summed E-state index contributed by atoms with van der Waals surface area (Å²) in [4.78, 5) is 27.2. The van der Waals surface area contributed by atoms with Gasteiger partial charge >= 0.3 is 5.97 Å². The van der Waals surface area contributed by atoms with Crippen molar-refractivity contribution < 1.29 is 23.9 Å². The lowest BCUT2D eigenvalue weighted by molar-refractivity contribution is -0.384. The van der Waals surface area contributed by atoms with Crippen molar-refractivity contribution in [1.82, 2.24) is 0 Å². The number of halogens is 1. The number of non-ortho nitro benzene ring substituents is 1. The summed E-state index contributed by atoms with van der Waals surface area (Å²) in [5, 5.41) is 11.0. The van der Waals surface area contributed by atoms with Crippen LogP contribution in [0.3, 0.4) is 0 Å². The zero-order valence-corrected chi connectivity index (χ0v) is 20.9. The number of hydrogen-bond donors (Lipinski definition) is 0. The van der Waals surface area contributed by atoms with Gasteiger partial charge < -0.3 is 14.2 Å². The second-order valence-electron chi connectivity index (χ2n) is 7.49. The number of carbonyl (C=O) groups excluding carboxylic acids is 1. The number of nitro groups is 1. The molecule has 1 aliphatic heterocycles. The van der Waals surface area contributed by atoms with E-state index in [9.17, 15) is 14.9 Å². The fourth-order valence-corrected chi connectivity index (χ4v) is 4.21. The van der Waals surface area contributed by atoms with E-state index >= 15 is 0 Å². The van der Waals surface area contributed by atoms with Crippen LogP contribution in [0.4, 0.5) is 5.69 Å². The molecule has 4 rings (SSSR count). The molecule has 35 heavy (non-hydrogen) atoms. The number of nitrogens with zero attached hydrogens (tertiary/aromatic N) is 2. The highest BCUT2D eigenvalue weighted by atomic mass is 127. The Bertz CT molecular complexity index is 1320. The first-order chi connectivity index (χ1) is 16.9. The molecule has 0 spiro atoms. The van der Waals surface area contributed by atoms with Crippen LogP contribution < -0.4 is 9.47 Å². The van der Waals surface area contributed by atoms with E-state index in [1.54, 1.807) is 18.2 Å². The molecule has 0 saturated heterocycles. The number of cyclic esters (lactones) is 1. The van der Waals surface area contributed by atoms with Crippen LogP contribution in [0.5, 0.6) is 11.5 Å². The van der Waals surface area contributed by atoms with Crippen molar-refractivity contribution in [2.75, 3.05) is 13.2 Å². The van der Waals surface area contributed by atoms with Crippen LogP contribution in [-0.4, -0.2) is 30.0 Å². The van der Waals surface area contributed by atoms with Crippen LogP contribution in [-0.2, 0) is 16.0 Å². The van der Waals surface area contributed by atoms with Crippen molar-refractivity contribution in [3.63, 3.8) is 0 Å². The number of ether oxygens (including phenoxy) is 3. The summed E-state index contributed by atoms with van der Waals surface area (Å²) in [6.45, 7) is 2.82. The van der Waals surface area contributed by atoms with Gasteiger partial charge in [-0.2, -0.15) is 0 Å². The Labute approximate surface area is 215 Å². The first-order valence-electron chi connectivity index (χ1n) is 10.8.